The van der Waals surface area contributed by atoms with Gasteiger partial charge in [-0.15, -0.1) is 0 Å². The highest BCUT2D eigenvalue weighted by atomic mass is 79.9. The molecule has 106 valence electrons. The van der Waals surface area contributed by atoms with Crippen LogP contribution < -0.4 is 5.32 Å². The summed E-state index contributed by atoms with van der Waals surface area (Å²) in [7, 11) is 1.95. The van der Waals surface area contributed by atoms with Crippen LogP contribution in [0.15, 0.2) is 46.9 Å². The van der Waals surface area contributed by atoms with Crippen molar-refractivity contribution >= 4 is 15.9 Å². The SMILES string of the molecule is CNC(Cc1ccc(C)cc1)Cc1cc(F)ccc1Br. The Labute approximate surface area is 128 Å². The minimum absolute atomic E-state index is 0.187. The van der Waals surface area contributed by atoms with Crippen LogP contribution in [0, 0.1) is 12.7 Å². The molecule has 0 aromatic heterocycles. The van der Waals surface area contributed by atoms with Crippen LogP contribution in [0.4, 0.5) is 4.39 Å². The van der Waals surface area contributed by atoms with Gasteiger partial charge >= 0.3 is 0 Å². The zero-order valence-electron chi connectivity index (χ0n) is 11.8. The number of rotatable bonds is 5. The highest BCUT2D eigenvalue weighted by molar-refractivity contribution is 9.10. The third kappa shape index (κ3) is 4.15. The first kappa shape index (κ1) is 15.2. The second kappa shape index (κ2) is 7.00. The molecule has 0 fully saturated rings. The standard InChI is InChI=1S/C17H19BrFN/c1-12-3-5-13(6-4-12)9-16(20-2)11-14-10-15(19)7-8-17(14)18/h3-8,10,16,20H,9,11H2,1-2H3. The van der Waals surface area contributed by atoms with Crippen molar-refractivity contribution in [3.63, 3.8) is 0 Å². The normalized spacial score (nSPS) is 12.4. The van der Waals surface area contributed by atoms with Crippen molar-refractivity contribution in [2.24, 2.45) is 0 Å². The van der Waals surface area contributed by atoms with Gasteiger partial charge in [0.05, 0.1) is 0 Å². The van der Waals surface area contributed by atoms with Gasteiger partial charge in [0.25, 0.3) is 0 Å². The van der Waals surface area contributed by atoms with E-state index in [0.717, 1.165) is 22.9 Å². The molecule has 0 heterocycles. The summed E-state index contributed by atoms with van der Waals surface area (Å²) in [5.74, 6) is -0.187. The number of benzene rings is 2. The molecular formula is C17H19BrFN. The van der Waals surface area contributed by atoms with Crippen molar-refractivity contribution in [1.82, 2.24) is 5.32 Å². The predicted octanol–water partition coefficient (Wildman–Crippen LogP) is 4.27. The van der Waals surface area contributed by atoms with E-state index in [9.17, 15) is 4.39 Å². The highest BCUT2D eigenvalue weighted by Gasteiger charge is 2.11. The van der Waals surface area contributed by atoms with E-state index in [4.69, 9.17) is 0 Å². The molecule has 1 nitrogen and oxygen atoms in total. The third-order valence-electron chi connectivity index (χ3n) is 3.49. The maximum Gasteiger partial charge on any atom is 0.123 e. The summed E-state index contributed by atoms with van der Waals surface area (Å²) >= 11 is 3.49. The number of hydrogen-bond acceptors (Lipinski definition) is 1. The first-order valence-corrected chi connectivity index (χ1v) is 7.54. The molecule has 3 heteroatoms. The molecule has 0 saturated heterocycles. The highest BCUT2D eigenvalue weighted by Crippen LogP contribution is 2.20. The van der Waals surface area contributed by atoms with Gasteiger partial charge in [-0.3, -0.25) is 0 Å². The summed E-state index contributed by atoms with van der Waals surface area (Å²) in [6, 6.07) is 13.7. The van der Waals surface area contributed by atoms with Crippen molar-refractivity contribution in [2.75, 3.05) is 7.05 Å². The Kier molecular flexibility index (Phi) is 5.32. The van der Waals surface area contributed by atoms with Gasteiger partial charge in [0.2, 0.25) is 0 Å². The predicted molar refractivity (Wildman–Crippen MR) is 85.5 cm³/mol. The molecule has 0 aliphatic heterocycles. The molecule has 2 aromatic carbocycles. The number of nitrogens with one attached hydrogen (secondary N) is 1. The Hall–Kier alpha value is -1.19. The monoisotopic (exact) mass is 335 g/mol. The summed E-state index contributed by atoms with van der Waals surface area (Å²) < 4.78 is 14.3. The molecule has 1 atom stereocenters. The quantitative estimate of drug-likeness (QED) is 0.860. The van der Waals surface area contributed by atoms with Crippen molar-refractivity contribution < 1.29 is 4.39 Å². The Morgan fingerprint density at radius 3 is 2.45 bits per heavy atom. The topological polar surface area (TPSA) is 12.0 Å². The van der Waals surface area contributed by atoms with Crippen molar-refractivity contribution in [2.45, 2.75) is 25.8 Å². The van der Waals surface area contributed by atoms with E-state index in [2.05, 4.69) is 52.4 Å². The molecule has 0 aliphatic carbocycles. The molecule has 20 heavy (non-hydrogen) atoms. The lowest BCUT2D eigenvalue weighted by Crippen LogP contribution is -2.30. The first-order valence-electron chi connectivity index (χ1n) is 6.75. The molecule has 0 spiro atoms. The van der Waals surface area contributed by atoms with Crippen LogP contribution in [0.5, 0.6) is 0 Å². The van der Waals surface area contributed by atoms with Crippen LogP contribution in [-0.2, 0) is 12.8 Å². The zero-order valence-corrected chi connectivity index (χ0v) is 13.4. The lowest BCUT2D eigenvalue weighted by Gasteiger charge is -2.17. The average molecular weight is 336 g/mol. The minimum Gasteiger partial charge on any atom is -0.316 e. The number of hydrogen-bond donors (Lipinski definition) is 1. The van der Waals surface area contributed by atoms with E-state index in [1.54, 1.807) is 12.1 Å². The van der Waals surface area contributed by atoms with Crippen molar-refractivity contribution in [3.8, 4) is 0 Å². The molecular weight excluding hydrogens is 317 g/mol. The first-order chi connectivity index (χ1) is 9.58. The van der Waals surface area contributed by atoms with Crippen LogP contribution in [0.1, 0.15) is 16.7 Å². The lowest BCUT2D eigenvalue weighted by atomic mass is 9.98. The van der Waals surface area contributed by atoms with E-state index in [1.165, 1.54) is 17.2 Å². The summed E-state index contributed by atoms with van der Waals surface area (Å²) in [6.45, 7) is 2.09. The third-order valence-corrected chi connectivity index (χ3v) is 4.26. The molecule has 1 N–H and O–H groups in total. The van der Waals surface area contributed by atoms with Gasteiger partial charge in [0.15, 0.2) is 0 Å². The van der Waals surface area contributed by atoms with Crippen LogP contribution in [0.3, 0.4) is 0 Å². The molecule has 1 unspecified atom stereocenters. The molecule has 0 saturated carbocycles. The Bertz CT molecular complexity index is 566. The summed E-state index contributed by atoms with van der Waals surface area (Å²) in [5.41, 5.74) is 3.56. The average Bonchev–Trinajstić information content (AvgIpc) is 2.44. The number of aryl methyl sites for hydroxylation is 1. The van der Waals surface area contributed by atoms with Crippen LogP contribution >= 0.6 is 15.9 Å². The zero-order chi connectivity index (χ0) is 14.5. The number of halogens is 2. The second-order valence-electron chi connectivity index (χ2n) is 5.12. The summed E-state index contributed by atoms with van der Waals surface area (Å²) in [5, 5.41) is 3.32. The van der Waals surface area contributed by atoms with Gasteiger partial charge in [-0.2, -0.15) is 0 Å². The van der Waals surface area contributed by atoms with Crippen LogP contribution in [0.25, 0.3) is 0 Å². The van der Waals surface area contributed by atoms with Crippen molar-refractivity contribution in [3.05, 3.63) is 69.4 Å². The summed E-state index contributed by atoms with van der Waals surface area (Å²) in [4.78, 5) is 0. The fourth-order valence-corrected chi connectivity index (χ4v) is 2.66. The second-order valence-corrected chi connectivity index (χ2v) is 5.97. The van der Waals surface area contributed by atoms with Gasteiger partial charge in [-0.05, 0) is 56.1 Å². The maximum atomic E-state index is 13.3. The van der Waals surface area contributed by atoms with Gasteiger partial charge in [-0.1, -0.05) is 45.8 Å². The molecule has 0 bridgehead atoms. The fourth-order valence-electron chi connectivity index (χ4n) is 2.25. The van der Waals surface area contributed by atoms with Gasteiger partial charge in [0, 0.05) is 10.5 Å². The van der Waals surface area contributed by atoms with Gasteiger partial charge in [0.1, 0.15) is 5.82 Å². The fraction of sp³-hybridized carbons (Fsp3) is 0.294. The molecule has 0 amide bonds. The maximum absolute atomic E-state index is 13.3. The number of likely N-dealkylation sites (N-methyl/N-ethyl adjacent to an activating group) is 1. The molecule has 0 aliphatic rings. The minimum atomic E-state index is -0.187. The van der Waals surface area contributed by atoms with Gasteiger partial charge in [-0.25, -0.2) is 4.39 Å². The molecule has 0 radical (unpaired) electrons. The summed E-state index contributed by atoms with van der Waals surface area (Å²) in [6.07, 6.45) is 1.72. The van der Waals surface area contributed by atoms with Gasteiger partial charge < -0.3 is 5.32 Å². The Morgan fingerprint density at radius 1 is 1.10 bits per heavy atom. The Balaban J connectivity index is 2.08. The van der Waals surface area contributed by atoms with E-state index >= 15 is 0 Å². The Morgan fingerprint density at radius 2 is 1.80 bits per heavy atom. The van der Waals surface area contributed by atoms with Crippen LogP contribution in [0.2, 0.25) is 0 Å². The van der Waals surface area contributed by atoms with Crippen LogP contribution in [-0.4, -0.2) is 13.1 Å². The molecule has 2 aromatic rings. The molecule has 2 rings (SSSR count). The van der Waals surface area contributed by atoms with E-state index in [-0.39, 0.29) is 11.9 Å². The van der Waals surface area contributed by atoms with E-state index in [1.807, 2.05) is 7.05 Å². The lowest BCUT2D eigenvalue weighted by molar-refractivity contribution is 0.552. The van der Waals surface area contributed by atoms with Crippen molar-refractivity contribution in [1.29, 1.82) is 0 Å². The smallest absolute Gasteiger partial charge is 0.123 e. The largest absolute Gasteiger partial charge is 0.316 e. The van der Waals surface area contributed by atoms with E-state index < -0.39 is 0 Å². The van der Waals surface area contributed by atoms with E-state index in [0.29, 0.717) is 0 Å².